The number of hydrogen-bond acceptors (Lipinski definition) is 5. The fourth-order valence-corrected chi connectivity index (χ4v) is 4.36. The average molecular weight is 487 g/mol. The number of aromatic nitrogens is 1. The summed E-state index contributed by atoms with van der Waals surface area (Å²) in [5.41, 5.74) is 1.42. The molecule has 0 atom stereocenters. The molecule has 0 fully saturated rings. The number of nitrogens with zero attached hydrogens (tertiary/aromatic N) is 1. The Morgan fingerprint density at radius 1 is 0.933 bits per heavy atom. The predicted molar refractivity (Wildman–Crippen MR) is 115 cm³/mol. The van der Waals surface area contributed by atoms with E-state index >= 15 is 0 Å². The maximum Gasteiger partial charge on any atom is 0.234 e. The molecular formula is C22H16BrFN2O3S. The smallest absolute Gasteiger partial charge is 0.234 e. The summed E-state index contributed by atoms with van der Waals surface area (Å²) in [4.78, 5) is 4.39. The Hall–Kier alpha value is -2.97. The molecule has 152 valence electrons. The Balaban J connectivity index is 1.74. The molecule has 1 aromatic heterocycles. The van der Waals surface area contributed by atoms with Crippen LogP contribution in [0.25, 0.3) is 11.5 Å². The van der Waals surface area contributed by atoms with Crippen LogP contribution in [0.4, 0.5) is 10.3 Å². The van der Waals surface area contributed by atoms with Crippen molar-refractivity contribution in [2.45, 2.75) is 16.5 Å². The summed E-state index contributed by atoms with van der Waals surface area (Å²) < 4.78 is 46.2. The van der Waals surface area contributed by atoms with Gasteiger partial charge in [-0.25, -0.2) is 12.8 Å². The molecule has 0 bridgehead atoms. The molecule has 3 aromatic carbocycles. The minimum absolute atomic E-state index is 0.0288. The molecule has 8 heteroatoms. The van der Waals surface area contributed by atoms with E-state index in [0.29, 0.717) is 5.56 Å². The molecule has 0 aliphatic rings. The van der Waals surface area contributed by atoms with E-state index in [9.17, 15) is 12.8 Å². The number of nitrogens with one attached hydrogen (secondary N) is 1. The average Bonchev–Trinajstić information content (AvgIpc) is 3.20. The number of oxazole rings is 1. The van der Waals surface area contributed by atoms with Crippen molar-refractivity contribution >= 4 is 31.7 Å². The molecule has 0 unspecified atom stereocenters. The third kappa shape index (κ3) is 4.29. The lowest BCUT2D eigenvalue weighted by molar-refractivity contribution is 0.576. The van der Waals surface area contributed by atoms with Crippen LogP contribution in [-0.4, -0.2) is 13.4 Å². The molecule has 0 aliphatic heterocycles. The van der Waals surface area contributed by atoms with Gasteiger partial charge in [0, 0.05) is 16.6 Å². The minimum atomic E-state index is -3.93. The molecular weight excluding hydrogens is 471 g/mol. The van der Waals surface area contributed by atoms with Crippen LogP contribution in [0.1, 0.15) is 5.56 Å². The van der Waals surface area contributed by atoms with Gasteiger partial charge in [0.15, 0.2) is 0 Å². The van der Waals surface area contributed by atoms with Crippen molar-refractivity contribution in [3.8, 4) is 11.5 Å². The molecule has 30 heavy (non-hydrogen) atoms. The van der Waals surface area contributed by atoms with Gasteiger partial charge in [0.1, 0.15) is 5.82 Å². The Bertz CT molecular complexity index is 1260. The van der Waals surface area contributed by atoms with Crippen LogP contribution in [0.5, 0.6) is 0 Å². The summed E-state index contributed by atoms with van der Waals surface area (Å²) in [6.07, 6.45) is 0. The van der Waals surface area contributed by atoms with Gasteiger partial charge in [-0.1, -0.05) is 46.3 Å². The molecule has 0 amide bonds. The fraction of sp³-hybridized carbons (Fsp3) is 0.0455. The van der Waals surface area contributed by atoms with E-state index in [4.69, 9.17) is 4.42 Å². The van der Waals surface area contributed by atoms with Gasteiger partial charge in [0.05, 0.1) is 4.90 Å². The van der Waals surface area contributed by atoms with E-state index < -0.39 is 9.84 Å². The van der Waals surface area contributed by atoms with Crippen molar-refractivity contribution in [1.82, 2.24) is 4.98 Å². The summed E-state index contributed by atoms with van der Waals surface area (Å²) >= 11 is 3.31. The number of halogens is 2. The highest BCUT2D eigenvalue weighted by Gasteiger charge is 2.28. The first-order valence-electron chi connectivity index (χ1n) is 8.99. The van der Waals surface area contributed by atoms with E-state index in [2.05, 4.69) is 26.2 Å². The van der Waals surface area contributed by atoms with Crippen LogP contribution < -0.4 is 5.32 Å². The zero-order valence-electron chi connectivity index (χ0n) is 15.5. The van der Waals surface area contributed by atoms with E-state index in [1.54, 1.807) is 36.4 Å². The van der Waals surface area contributed by atoms with Gasteiger partial charge in [-0.05, 0) is 54.1 Å². The largest absolute Gasteiger partial charge is 0.419 e. The van der Waals surface area contributed by atoms with E-state index in [1.165, 1.54) is 24.3 Å². The van der Waals surface area contributed by atoms with Gasteiger partial charge >= 0.3 is 0 Å². The van der Waals surface area contributed by atoms with Gasteiger partial charge in [-0.15, -0.1) is 0 Å². The Labute approximate surface area is 181 Å². The van der Waals surface area contributed by atoms with E-state index in [-0.39, 0.29) is 34.1 Å². The zero-order valence-corrected chi connectivity index (χ0v) is 18.0. The highest BCUT2D eigenvalue weighted by atomic mass is 79.9. The van der Waals surface area contributed by atoms with Crippen molar-refractivity contribution in [3.63, 3.8) is 0 Å². The lowest BCUT2D eigenvalue weighted by atomic mass is 10.2. The molecule has 4 aromatic rings. The predicted octanol–water partition coefficient (Wildman–Crippen LogP) is 5.69. The second-order valence-corrected chi connectivity index (χ2v) is 9.24. The Morgan fingerprint density at radius 3 is 2.27 bits per heavy atom. The van der Waals surface area contributed by atoms with Crippen LogP contribution >= 0.6 is 15.9 Å². The molecule has 0 radical (unpaired) electrons. The quantitative estimate of drug-likeness (QED) is 0.379. The highest BCUT2D eigenvalue weighted by molar-refractivity contribution is 9.10. The number of hydrogen-bond donors (Lipinski definition) is 1. The first kappa shape index (κ1) is 20.3. The summed E-state index contributed by atoms with van der Waals surface area (Å²) in [5, 5.41) is 2.78. The normalized spacial score (nSPS) is 11.4. The zero-order chi connectivity index (χ0) is 21.1. The van der Waals surface area contributed by atoms with Crippen LogP contribution in [0.15, 0.2) is 97.7 Å². The van der Waals surface area contributed by atoms with Crippen LogP contribution in [0.3, 0.4) is 0 Å². The summed E-state index contributed by atoms with van der Waals surface area (Å²) in [6, 6.07) is 21.2. The third-order valence-corrected chi connectivity index (χ3v) is 6.57. The number of benzene rings is 3. The van der Waals surface area contributed by atoms with Crippen molar-refractivity contribution < 1.29 is 17.2 Å². The van der Waals surface area contributed by atoms with Crippen LogP contribution in [0, 0.1) is 5.82 Å². The number of sulfone groups is 1. The second-order valence-electron chi connectivity index (χ2n) is 6.46. The molecule has 0 saturated carbocycles. The Morgan fingerprint density at radius 2 is 1.60 bits per heavy atom. The lowest BCUT2D eigenvalue weighted by Gasteiger charge is -2.06. The van der Waals surface area contributed by atoms with Gasteiger partial charge in [-0.3, -0.25) is 0 Å². The van der Waals surface area contributed by atoms with Crippen molar-refractivity contribution in [2.24, 2.45) is 0 Å². The highest BCUT2D eigenvalue weighted by Crippen LogP contribution is 2.33. The summed E-state index contributed by atoms with van der Waals surface area (Å²) in [7, 11) is -3.93. The molecule has 0 aliphatic carbocycles. The maximum atomic E-state index is 13.2. The van der Waals surface area contributed by atoms with E-state index in [0.717, 1.165) is 10.0 Å². The molecule has 4 rings (SSSR count). The molecule has 0 saturated heterocycles. The van der Waals surface area contributed by atoms with Crippen molar-refractivity contribution in [1.29, 1.82) is 0 Å². The lowest BCUT2D eigenvalue weighted by Crippen LogP contribution is -2.07. The second kappa shape index (κ2) is 8.41. The first-order chi connectivity index (χ1) is 14.4. The van der Waals surface area contributed by atoms with Crippen molar-refractivity contribution in [3.05, 3.63) is 94.7 Å². The monoisotopic (exact) mass is 486 g/mol. The summed E-state index contributed by atoms with van der Waals surface area (Å²) in [5.74, 6) is -0.128. The maximum absolute atomic E-state index is 13.2. The van der Waals surface area contributed by atoms with Crippen molar-refractivity contribution in [2.75, 3.05) is 5.32 Å². The molecule has 1 heterocycles. The SMILES string of the molecule is O=S(=O)(c1ccc(Br)cc1)c1nc(-c2ccccc2)oc1NCc1ccc(F)cc1. The Kier molecular flexibility index (Phi) is 5.69. The van der Waals surface area contributed by atoms with Gasteiger partial charge < -0.3 is 9.73 Å². The van der Waals surface area contributed by atoms with Crippen LogP contribution in [-0.2, 0) is 16.4 Å². The van der Waals surface area contributed by atoms with E-state index in [1.807, 2.05) is 18.2 Å². The molecule has 0 spiro atoms. The van der Waals surface area contributed by atoms with Gasteiger partial charge in [-0.2, -0.15) is 4.98 Å². The standard InChI is InChI=1S/C22H16BrFN2O3S/c23-17-8-12-19(13-9-17)30(27,28)22-21(25-14-15-6-10-18(24)11-7-15)29-20(26-22)16-4-2-1-3-5-16/h1-13,25H,14H2. The minimum Gasteiger partial charge on any atom is -0.419 e. The van der Waals surface area contributed by atoms with Crippen LogP contribution in [0.2, 0.25) is 0 Å². The molecule has 5 nitrogen and oxygen atoms in total. The topological polar surface area (TPSA) is 72.2 Å². The number of anilines is 1. The van der Waals surface area contributed by atoms with Gasteiger partial charge in [0.25, 0.3) is 0 Å². The summed E-state index contributed by atoms with van der Waals surface area (Å²) in [6.45, 7) is 0.243. The first-order valence-corrected chi connectivity index (χ1v) is 11.3. The molecule has 1 N–H and O–H groups in total. The number of rotatable bonds is 6. The fourth-order valence-electron chi connectivity index (χ4n) is 2.81. The third-order valence-electron chi connectivity index (χ3n) is 4.36. The van der Waals surface area contributed by atoms with Gasteiger partial charge in [0.2, 0.25) is 26.6 Å².